The standard InChI is InChI=1S/C17H28N2O2/c1-13-11-18(10-9-16(13)20)12-17(21)19(15-7-8-15)14-5-3-2-4-6-14/h5,13,15-16,20H,2-4,6-12H2,1H3. The third-order valence-corrected chi connectivity index (χ3v) is 5.06. The van der Waals surface area contributed by atoms with Crippen LogP contribution < -0.4 is 0 Å². The fourth-order valence-corrected chi connectivity index (χ4v) is 3.60. The van der Waals surface area contributed by atoms with E-state index in [1.165, 1.54) is 18.5 Å². The fraction of sp³-hybridized carbons (Fsp3) is 0.824. The molecule has 0 aromatic carbocycles. The van der Waals surface area contributed by atoms with Gasteiger partial charge in [-0.25, -0.2) is 0 Å². The van der Waals surface area contributed by atoms with Crippen LogP contribution in [0.1, 0.15) is 51.9 Å². The maximum atomic E-state index is 12.8. The van der Waals surface area contributed by atoms with Gasteiger partial charge in [-0.15, -0.1) is 0 Å². The summed E-state index contributed by atoms with van der Waals surface area (Å²) < 4.78 is 0. The van der Waals surface area contributed by atoms with Gasteiger partial charge < -0.3 is 10.0 Å². The summed E-state index contributed by atoms with van der Waals surface area (Å²) in [5.74, 6) is 0.545. The van der Waals surface area contributed by atoms with Crippen molar-refractivity contribution in [1.82, 2.24) is 9.80 Å². The molecule has 1 heterocycles. The Morgan fingerprint density at radius 1 is 1.38 bits per heavy atom. The minimum absolute atomic E-state index is 0.197. The number of carbonyl (C=O) groups excluding carboxylic acids is 1. The van der Waals surface area contributed by atoms with Crippen LogP contribution in [0.4, 0.5) is 0 Å². The molecular formula is C17H28N2O2. The number of hydrogen-bond donors (Lipinski definition) is 1. The molecule has 0 spiro atoms. The highest BCUT2D eigenvalue weighted by Crippen LogP contribution is 2.34. The van der Waals surface area contributed by atoms with Gasteiger partial charge in [0.05, 0.1) is 12.6 Å². The average Bonchev–Trinajstić information content (AvgIpc) is 3.29. The van der Waals surface area contributed by atoms with Gasteiger partial charge in [0.25, 0.3) is 0 Å². The van der Waals surface area contributed by atoms with Gasteiger partial charge in [-0.2, -0.15) is 0 Å². The maximum absolute atomic E-state index is 12.8. The van der Waals surface area contributed by atoms with Gasteiger partial charge in [0, 0.05) is 24.8 Å². The molecule has 4 nitrogen and oxygen atoms in total. The number of carbonyl (C=O) groups is 1. The lowest BCUT2D eigenvalue weighted by atomic mass is 9.97. The van der Waals surface area contributed by atoms with Crippen LogP contribution in [0.5, 0.6) is 0 Å². The van der Waals surface area contributed by atoms with Crippen molar-refractivity contribution in [1.29, 1.82) is 0 Å². The van der Waals surface area contributed by atoms with Crippen molar-refractivity contribution >= 4 is 5.91 Å². The number of nitrogens with zero attached hydrogens (tertiary/aromatic N) is 2. The van der Waals surface area contributed by atoms with E-state index >= 15 is 0 Å². The Kier molecular flexibility index (Phi) is 4.65. The van der Waals surface area contributed by atoms with E-state index in [4.69, 9.17) is 0 Å². The first kappa shape index (κ1) is 15.0. The van der Waals surface area contributed by atoms with Crippen LogP contribution in [0.15, 0.2) is 11.8 Å². The summed E-state index contributed by atoms with van der Waals surface area (Å²) in [6.07, 6.45) is 9.87. The topological polar surface area (TPSA) is 43.8 Å². The lowest BCUT2D eigenvalue weighted by Gasteiger charge is -2.36. The maximum Gasteiger partial charge on any atom is 0.241 e. The van der Waals surface area contributed by atoms with Gasteiger partial charge in [-0.3, -0.25) is 9.69 Å². The Hall–Kier alpha value is -0.870. The van der Waals surface area contributed by atoms with Crippen molar-refractivity contribution in [3.05, 3.63) is 11.8 Å². The zero-order chi connectivity index (χ0) is 14.8. The van der Waals surface area contributed by atoms with Crippen molar-refractivity contribution in [3.63, 3.8) is 0 Å². The van der Waals surface area contributed by atoms with E-state index in [9.17, 15) is 9.90 Å². The first-order valence-corrected chi connectivity index (χ1v) is 8.56. The number of hydrogen-bond acceptors (Lipinski definition) is 3. The van der Waals surface area contributed by atoms with Crippen LogP contribution in [0, 0.1) is 5.92 Å². The highest BCUT2D eigenvalue weighted by molar-refractivity contribution is 5.80. The summed E-state index contributed by atoms with van der Waals surface area (Å²) in [5.41, 5.74) is 1.28. The summed E-state index contributed by atoms with van der Waals surface area (Å²) in [7, 11) is 0. The number of aliphatic hydroxyl groups is 1. The summed E-state index contributed by atoms with van der Waals surface area (Å²) in [4.78, 5) is 17.1. The molecule has 1 saturated heterocycles. The van der Waals surface area contributed by atoms with Gasteiger partial charge in [0.2, 0.25) is 5.91 Å². The Morgan fingerprint density at radius 2 is 2.19 bits per heavy atom. The molecule has 1 saturated carbocycles. The zero-order valence-corrected chi connectivity index (χ0v) is 13.1. The smallest absolute Gasteiger partial charge is 0.241 e. The second-order valence-corrected chi connectivity index (χ2v) is 7.00. The van der Waals surface area contributed by atoms with Gasteiger partial charge in [0.1, 0.15) is 0 Å². The molecule has 2 atom stereocenters. The summed E-state index contributed by atoms with van der Waals surface area (Å²) in [6, 6.07) is 0.467. The van der Waals surface area contributed by atoms with E-state index in [2.05, 4.69) is 22.8 Å². The molecule has 0 bridgehead atoms. The molecule has 0 radical (unpaired) electrons. The number of likely N-dealkylation sites (tertiary alicyclic amines) is 1. The monoisotopic (exact) mass is 292 g/mol. The number of piperidine rings is 1. The van der Waals surface area contributed by atoms with Crippen molar-refractivity contribution in [2.24, 2.45) is 5.92 Å². The van der Waals surface area contributed by atoms with E-state index < -0.39 is 0 Å². The minimum atomic E-state index is -0.197. The minimum Gasteiger partial charge on any atom is -0.393 e. The second-order valence-electron chi connectivity index (χ2n) is 7.00. The number of amides is 1. The van der Waals surface area contributed by atoms with E-state index in [-0.39, 0.29) is 17.9 Å². The first-order chi connectivity index (χ1) is 10.1. The molecule has 2 aliphatic carbocycles. The fourth-order valence-electron chi connectivity index (χ4n) is 3.60. The lowest BCUT2D eigenvalue weighted by molar-refractivity contribution is -0.132. The number of allylic oxidation sites excluding steroid dienone is 2. The molecule has 3 rings (SSSR count). The molecular weight excluding hydrogens is 264 g/mol. The third kappa shape index (κ3) is 3.67. The van der Waals surface area contributed by atoms with Crippen molar-refractivity contribution in [2.45, 2.75) is 64.0 Å². The average molecular weight is 292 g/mol. The van der Waals surface area contributed by atoms with Crippen LogP contribution in [-0.4, -0.2) is 52.6 Å². The molecule has 0 aromatic rings. The highest BCUT2D eigenvalue weighted by atomic mass is 16.3. The van der Waals surface area contributed by atoms with Crippen LogP contribution in [-0.2, 0) is 4.79 Å². The summed E-state index contributed by atoms with van der Waals surface area (Å²) >= 11 is 0. The predicted octanol–water partition coefficient (Wildman–Crippen LogP) is 2.14. The van der Waals surface area contributed by atoms with E-state index in [0.717, 1.165) is 45.2 Å². The van der Waals surface area contributed by atoms with Crippen LogP contribution in [0.3, 0.4) is 0 Å². The van der Waals surface area contributed by atoms with Crippen molar-refractivity contribution < 1.29 is 9.90 Å². The van der Waals surface area contributed by atoms with E-state index in [0.29, 0.717) is 12.6 Å². The molecule has 21 heavy (non-hydrogen) atoms. The quantitative estimate of drug-likeness (QED) is 0.863. The molecule has 118 valence electrons. The lowest BCUT2D eigenvalue weighted by Crippen LogP contribution is -2.47. The van der Waals surface area contributed by atoms with Crippen LogP contribution >= 0.6 is 0 Å². The molecule has 1 amide bonds. The second kappa shape index (κ2) is 6.49. The van der Waals surface area contributed by atoms with E-state index in [1.807, 2.05) is 0 Å². The molecule has 2 unspecified atom stereocenters. The highest BCUT2D eigenvalue weighted by Gasteiger charge is 2.36. The summed E-state index contributed by atoms with van der Waals surface area (Å²) in [5, 5.41) is 9.81. The Bertz CT molecular complexity index is 417. The van der Waals surface area contributed by atoms with Gasteiger partial charge in [-0.05, 0) is 50.9 Å². The molecule has 3 aliphatic rings. The summed E-state index contributed by atoms with van der Waals surface area (Å²) in [6.45, 7) is 4.27. The first-order valence-electron chi connectivity index (χ1n) is 8.56. The molecule has 2 fully saturated rings. The number of rotatable bonds is 4. The van der Waals surface area contributed by atoms with Crippen molar-refractivity contribution in [3.8, 4) is 0 Å². The van der Waals surface area contributed by atoms with E-state index in [1.54, 1.807) is 0 Å². The normalized spacial score (nSPS) is 30.9. The van der Waals surface area contributed by atoms with Gasteiger partial charge >= 0.3 is 0 Å². The molecule has 1 N–H and O–H groups in total. The molecule has 4 heteroatoms. The van der Waals surface area contributed by atoms with Gasteiger partial charge in [-0.1, -0.05) is 13.0 Å². The number of aliphatic hydroxyl groups excluding tert-OH is 1. The van der Waals surface area contributed by atoms with Crippen LogP contribution in [0.25, 0.3) is 0 Å². The Morgan fingerprint density at radius 3 is 2.81 bits per heavy atom. The third-order valence-electron chi connectivity index (χ3n) is 5.06. The molecule has 1 aliphatic heterocycles. The SMILES string of the molecule is CC1CN(CC(=O)N(C2=CCCCC2)C2CC2)CCC1O. The Balaban J connectivity index is 1.61. The van der Waals surface area contributed by atoms with Crippen LogP contribution in [0.2, 0.25) is 0 Å². The predicted molar refractivity (Wildman–Crippen MR) is 82.6 cm³/mol. The van der Waals surface area contributed by atoms with Gasteiger partial charge in [0.15, 0.2) is 0 Å². The Labute approximate surface area is 127 Å². The molecule has 0 aromatic heterocycles. The zero-order valence-electron chi connectivity index (χ0n) is 13.1. The largest absolute Gasteiger partial charge is 0.393 e. The van der Waals surface area contributed by atoms with Crippen molar-refractivity contribution in [2.75, 3.05) is 19.6 Å².